The van der Waals surface area contributed by atoms with E-state index in [4.69, 9.17) is 14.2 Å². The van der Waals surface area contributed by atoms with Crippen molar-refractivity contribution >= 4 is 41.4 Å². The Morgan fingerprint density at radius 2 is 0.481 bits per heavy atom. The lowest BCUT2D eigenvalue weighted by Crippen LogP contribution is -2.58. The zero-order valence-electron chi connectivity index (χ0n) is 51.9. The molecule has 0 rings (SSSR count). The Balaban J connectivity index is -0.00000205. The molecule has 0 aliphatic carbocycles. The molecule has 17 heteroatoms. The highest BCUT2D eigenvalue weighted by Gasteiger charge is 2.34. The van der Waals surface area contributed by atoms with E-state index < -0.39 is 5.54 Å². The smallest absolute Gasteiger partial charge is 0.222 e. The van der Waals surface area contributed by atoms with Crippen LogP contribution in [-0.4, -0.2) is 126 Å². The van der Waals surface area contributed by atoms with Crippen LogP contribution in [0.25, 0.3) is 0 Å². The molecular weight excluding hydrogens is 979 g/mol. The van der Waals surface area contributed by atoms with Crippen LogP contribution in [0.1, 0.15) is 263 Å². The Kier molecular flexibility index (Phi) is 72.7. The van der Waals surface area contributed by atoms with Crippen molar-refractivity contribution in [1.82, 2.24) is 37.2 Å². The van der Waals surface area contributed by atoms with Gasteiger partial charge < -0.3 is 51.4 Å². The van der Waals surface area contributed by atoms with E-state index in [1.165, 1.54) is 32.1 Å². The van der Waals surface area contributed by atoms with E-state index in [0.717, 1.165) is 77.0 Å². The number of carbonyl (C=O) groups is 7. The van der Waals surface area contributed by atoms with Gasteiger partial charge in [-0.2, -0.15) is 0 Å². The van der Waals surface area contributed by atoms with Crippen LogP contribution in [0.4, 0.5) is 0 Å². The summed E-state index contributed by atoms with van der Waals surface area (Å²) in [5.74, 6) is -0.778. The summed E-state index contributed by atoms with van der Waals surface area (Å²) >= 11 is 0. The molecule has 17 nitrogen and oxygen atoms in total. The summed E-state index contributed by atoms with van der Waals surface area (Å²) in [6, 6.07) is 0. The van der Waals surface area contributed by atoms with Crippen LogP contribution in [0, 0.1) is 0 Å². The van der Waals surface area contributed by atoms with Crippen molar-refractivity contribution < 1.29 is 47.8 Å². The fourth-order valence-corrected chi connectivity index (χ4v) is 7.25. The first-order valence-corrected chi connectivity index (χ1v) is 31.1. The van der Waals surface area contributed by atoms with Gasteiger partial charge in [0, 0.05) is 84.2 Å². The second kappa shape index (κ2) is 68.3. The minimum absolute atomic E-state index is 0.0180. The van der Waals surface area contributed by atoms with Gasteiger partial charge in [-0.15, -0.1) is 0 Å². The van der Waals surface area contributed by atoms with Crippen molar-refractivity contribution in [1.29, 1.82) is 0 Å². The monoisotopic (exact) mass is 1100 g/mol. The predicted octanol–water partition coefficient (Wildman–Crippen LogP) is 10.7. The summed E-state index contributed by atoms with van der Waals surface area (Å²) in [7, 11) is 0. The molecule has 0 aliphatic rings. The Labute approximate surface area is 472 Å². The van der Waals surface area contributed by atoms with Crippen molar-refractivity contribution in [2.75, 3.05) is 78.9 Å². The van der Waals surface area contributed by atoms with Gasteiger partial charge in [0.05, 0.1) is 39.6 Å². The van der Waals surface area contributed by atoms with E-state index in [0.29, 0.717) is 90.6 Å². The molecule has 0 bridgehead atoms. The third kappa shape index (κ3) is 62.9. The lowest BCUT2D eigenvalue weighted by molar-refractivity contribution is -0.130. The summed E-state index contributed by atoms with van der Waals surface area (Å²) in [5, 5.41) is 20.4. The van der Waals surface area contributed by atoms with Crippen LogP contribution in [0.3, 0.4) is 0 Å². The SMILES string of the molecule is CC.CC.CC.CC.CCCCCCCCCCCC(=O)NC(COCCC(=O)NCCCNC(=O)CCCCC)(COCCC(=O)NCCCNC(=O)CCCCC)COCCC(=O)NCCCNC(=O)CCCCC. The number of unbranched alkanes of at least 4 members (excludes halogenated alkanes) is 14. The van der Waals surface area contributed by atoms with E-state index >= 15 is 0 Å². The van der Waals surface area contributed by atoms with Gasteiger partial charge >= 0.3 is 0 Å². The maximum atomic E-state index is 13.6. The quantitative estimate of drug-likeness (QED) is 0.0285. The van der Waals surface area contributed by atoms with Gasteiger partial charge in [-0.1, -0.05) is 173 Å². The van der Waals surface area contributed by atoms with Gasteiger partial charge in [0.15, 0.2) is 0 Å². The molecule has 0 aromatic carbocycles. The predicted molar refractivity (Wildman–Crippen MR) is 319 cm³/mol. The fourth-order valence-electron chi connectivity index (χ4n) is 7.25. The lowest BCUT2D eigenvalue weighted by atomic mass is 10.0. The number of amides is 7. The molecule has 0 aromatic heterocycles. The molecule has 0 atom stereocenters. The molecule has 7 N–H and O–H groups in total. The summed E-state index contributed by atoms with van der Waals surface area (Å²) in [5.41, 5.74) is -1.19. The number of hydrogen-bond donors (Lipinski definition) is 7. The molecule has 0 unspecified atom stereocenters. The molecule has 77 heavy (non-hydrogen) atoms. The Morgan fingerprint density at radius 1 is 0.273 bits per heavy atom. The second-order valence-corrected chi connectivity index (χ2v) is 18.3. The summed E-state index contributed by atoms with van der Waals surface area (Å²) in [6.07, 6.45) is 22.6. The average molecular weight is 1100 g/mol. The number of carbonyl (C=O) groups excluding carboxylic acids is 7. The van der Waals surface area contributed by atoms with E-state index in [2.05, 4.69) is 64.9 Å². The zero-order chi connectivity index (χ0) is 58.9. The van der Waals surface area contributed by atoms with Crippen LogP contribution >= 0.6 is 0 Å². The molecule has 0 fully saturated rings. The van der Waals surface area contributed by atoms with Gasteiger partial charge in [0.2, 0.25) is 41.4 Å². The normalized spacial score (nSPS) is 10.3. The number of rotatable bonds is 50. The summed E-state index contributed by atoms with van der Waals surface area (Å²) in [6.45, 7) is 27.1. The second-order valence-electron chi connectivity index (χ2n) is 18.3. The number of nitrogens with one attached hydrogen (secondary N) is 7. The largest absolute Gasteiger partial charge is 0.378 e. The molecule has 0 spiro atoms. The lowest BCUT2D eigenvalue weighted by Gasteiger charge is -2.34. The zero-order valence-corrected chi connectivity index (χ0v) is 51.9. The minimum atomic E-state index is -1.19. The van der Waals surface area contributed by atoms with Crippen molar-refractivity contribution in [3.05, 3.63) is 0 Å². The molecular formula is C60H123N7O10. The van der Waals surface area contributed by atoms with Crippen LogP contribution in [0.2, 0.25) is 0 Å². The third-order valence-corrected chi connectivity index (χ3v) is 11.5. The molecule has 7 amide bonds. The maximum Gasteiger partial charge on any atom is 0.222 e. The van der Waals surface area contributed by atoms with Gasteiger partial charge in [0.25, 0.3) is 0 Å². The molecule has 0 aliphatic heterocycles. The first-order valence-electron chi connectivity index (χ1n) is 31.1. The number of hydrogen-bond acceptors (Lipinski definition) is 10. The first kappa shape index (κ1) is 82.0. The molecule has 0 saturated carbocycles. The topological polar surface area (TPSA) is 231 Å². The molecule has 0 radical (unpaired) electrons. The first-order chi connectivity index (χ1) is 37.5. The third-order valence-electron chi connectivity index (χ3n) is 11.5. The van der Waals surface area contributed by atoms with E-state index in [1.54, 1.807) is 0 Å². The van der Waals surface area contributed by atoms with E-state index in [1.807, 2.05) is 55.4 Å². The van der Waals surface area contributed by atoms with Crippen molar-refractivity contribution in [2.24, 2.45) is 0 Å². The highest BCUT2D eigenvalue weighted by molar-refractivity contribution is 5.78. The van der Waals surface area contributed by atoms with Gasteiger partial charge in [0.1, 0.15) is 5.54 Å². The van der Waals surface area contributed by atoms with E-state index in [-0.39, 0.29) is 100 Å². The highest BCUT2D eigenvalue weighted by Crippen LogP contribution is 2.14. The van der Waals surface area contributed by atoms with Gasteiger partial charge in [-0.25, -0.2) is 0 Å². The Hall–Kier alpha value is -3.83. The van der Waals surface area contributed by atoms with Crippen molar-refractivity contribution in [3.8, 4) is 0 Å². The maximum absolute atomic E-state index is 13.6. The van der Waals surface area contributed by atoms with Crippen LogP contribution in [-0.2, 0) is 47.8 Å². The average Bonchev–Trinajstić information content (AvgIpc) is 3.44. The van der Waals surface area contributed by atoms with Crippen molar-refractivity contribution in [2.45, 2.75) is 268 Å². The minimum Gasteiger partial charge on any atom is -0.378 e. The summed E-state index contributed by atoms with van der Waals surface area (Å²) in [4.78, 5) is 87.6. The number of ether oxygens (including phenoxy) is 3. The van der Waals surface area contributed by atoms with Gasteiger partial charge in [-0.3, -0.25) is 33.6 Å². The van der Waals surface area contributed by atoms with Crippen LogP contribution < -0.4 is 37.2 Å². The Morgan fingerprint density at radius 3 is 0.753 bits per heavy atom. The molecule has 0 aromatic rings. The molecule has 0 heterocycles. The molecule has 0 saturated heterocycles. The van der Waals surface area contributed by atoms with Crippen LogP contribution in [0.5, 0.6) is 0 Å². The van der Waals surface area contributed by atoms with E-state index in [9.17, 15) is 33.6 Å². The van der Waals surface area contributed by atoms with Crippen LogP contribution in [0.15, 0.2) is 0 Å². The molecule has 458 valence electrons. The highest BCUT2D eigenvalue weighted by atomic mass is 16.5. The Bertz CT molecular complexity index is 1220. The van der Waals surface area contributed by atoms with Crippen molar-refractivity contribution in [3.63, 3.8) is 0 Å². The fraction of sp³-hybridized carbons (Fsp3) is 0.883. The summed E-state index contributed by atoms with van der Waals surface area (Å²) < 4.78 is 18.2. The van der Waals surface area contributed by atoms with Gasteiger partial charge in [-0.05, 0) is 44.9 Å². The standard InChI is InChI=1S/C52H99N7O10.4C2H6/c1-5-9-13-14-15-16-17-18-22-29-51(66)59-52(42-67-39-30-48(63)56-36-23-33-53-45(60)26-19-10-6-2,43-68-40-31-49(64)57-37-24-34-54-46(61)27-20-11-7-3)44-69-41-32-50(65)58-38-25-35-55-47(62)28-21-12-8-4;4*1-2/h5-44H2,1-4H3,(H,53,60)(H,54,61)(H,55,62)(H,56,63)(H,57,64)(H,58,65)(H,59,66);4*1-2H3.